The summed E-state index contributed by atoms with van der Waals surface area (Å²) >= 11 is 0. The van der Waals surface area contributed by atoms with E-state index in [-0.39, 0.29) is 47.1 Å². The van der Waals surface area contributed by atoms with Gasteiger partial charge in [-0.05, 0) is 67.1 Å². The number of hydrazine groups is 1. The molecule has 0 radical (unpaired) electrons. The molecular formula is C36H49N5O7S. The van der Waals surface area contributed by atoms with Crippen molar-refractivity contribution in [1.82, 2.24) is 20.1 Å². The summed E-state index contributed by atoms with van der Waals surface area (Å²) in [7, 11) is -3.84. The van der Waals surface area contributed by atoms with E-state index in [4.69, 9.17) is 5.73 Å². The van der Waals surface area contributed by atoms with Crippen molar-refractivity contribution in [1.29, 1.82) is 0 Å². The molecule has 2 unspecified atom stereocenters. The number of carbonyl (C=O) groups excluding carboxylic acids is 3. The standard InChI is InChI=1S/C36H49N5O7S/c1-4-7-19-41(39-49(47,48)25-27-11-9-8-10-12-27)24-33(43)32(20-26-13-15-31(42)16-14-26)38-35(45)29-21-28(34(37)44)22-30(23-29)36(46)40(17-5-2)18-6-3/h8-16,21-23,32-33,39,42-43H,4-7,17-20,24-25H2,1-3H3,(H2,37,44)(H,38,45). The van der Waals surface area contributed by atoms with Gasteiger partial charge in [-0.3, -0.25) is 14.4 Å². The Labute approximate surface area is 289 Å². The van der Waals surface area contributed by atoms with Crippen LogP contribution in [0.2, 0.25) is 0 Å². The highest BCUT2D eigenvalue weighted by molar-refractivity contribution is 7.88. The van der Waals surface area contributed by atoms with Crippen molar-refractivity contribution in [3.63, 3.8) is 0 Å². The summed E-state index contributed by atoms with van der Waals surface area (Å²) in [5.74, 6) is -2.02. The summed E-state index contributed by atoms with van der Waals surface area (Å²) in [6.45, 7) is 7.01. The van der Waals surface area contributed by atoms with Crippen molar-refractivity contribution < 1.29 is 33.0 Å². The lowest BCUT2D eigenvalue weighted by atomic mass is 9.99. The number of aromatic hydroxyl groups is 1. The monoisotopic (exact) mass is 695 g/mol. The summed E-state index contributed by atoms with van der Waals surface area (Å²) < 4.78 is 26.2. The van der Waals surface area contributed by atoms with E-state index in [1.165, 1.54) is 35.3 Å². The lowest BCUT2D eigenvalue weighted by Gasteiger charge is -2.30. The number of nitrogens with zero attached hydrogens (tertiary/aromatic N) is 2. The van der Waals surface area contributed by atoms with Gasteiger partial charge in [-0.15, -0.1) is 4.83 Å². The predicted molar refractivity (Wildman–Crippen MR) is 189 cm³/mol. The highest BCUT2D eigenvalue weighted by atomic mass is 32.2. The Balaban J connectivity index is 1.92. The molecular weight excluding hydrogens is 646 g/mol. The van der Waals surface area contributed by atoms with E-state index in [0.717, 1.165) is 19.3 Å². The predicted octanol–water partition coefficient (Wildman–Crippen LogP) is 3.59. The van der Waals surface area contributed by atoms with E-state index in [1.807, 2.05) is 20.8 Å². The zero-order valence-electron chi connectivity index (χ0n) is 28.5. The minimum Gasteiger partial charge on any atom is -0.508 e. The molecule has 0 saturated carbocycles. The Morgan fingerprint density at radius 2 is 1.43 bits per heavy atom. The van der Waals surface area contributed by atoms with Crippen LogP contribution in [0.4, 0.5) is 0 Å². The second-order valence-corrected chi connectivity index (χ2v) is 13.8. The fourth-order valence-electron chi connectivity index (χ4n) is 5.38. The highest BCUT2D eigenvalue weighted by Gasteiger charge is 2.28. The number of unbranched alkanes of at least 4 members (excludes halogenated alkanes) is 1. The van der Waals surface area contributed by atoms with Gasteiger partial charge in [0.1, 0.15) is 5.75 Å². The molecule has 12 nitrogen and oxygen atoms in total. The molecule has 0 aliphatic carbocycles. The lowest BCUT2D eigenvalue weighted by molar-refractivity contribution is 0.0614. The molecule has 3 aromatic rings. The van der Waals surface area contributed by atoms with Crippen molar-refractivity contribution in [3.05, 3.63) is 101 Å². The van der Waals surface area contributed by atoms with Gasteiger partial charge in [0, 0.05) is 42.9 Å². The number of amides is 3. The molecule has 0 fully saturated rings. The van der Waals surface area contributed by atoms with Gasteiger partial charge in [-0.1, -0.05) is 69.7 Å². The smallest absolute Gasteiger partial charge is 0.253 e. The molecule has 0 saturated heterocycles. The van der Waals surface area contributed by atoms with Gasteiger partial charge in [0.2, 0.25) is 15.9 Å². The van der Waals surface area contributed by atoms with Gasteiger partial charge < -0.3 is 26.2 Å². The Kier molecular flexibility index (Phi) is 15.2. The van der Waals surface area contributed by atoms with Crippen LogP contribution in [0, 0.1) is 0 Å². The molecule has 0 aliphatic heterocycles. The number of nitrogens with one attached hydrogen (secondary N) is 2. The Morgan fingerprint density at radius 3 is 2.02 bits per heavy atom. The SMILES string of the molecule is CCCCN(CC(O)C(Cc1ccc(O)cc1)NC(=O)c1cc(C(N)=O)cc(C(=O)N(CCC)CCC)c1)NS(=O)(=O)Cc1ccccc1. The van der Waals surface area contributed by atoms with Gasteiger partial charge in [0.05, 0.1) is 17.9 Å². The zero-order valence-corrected chi connectivity index (χ0v) is 29.3. The molecule has 6 N–H and O–H groups in total. The van der Waals surface area contributed by atoms with Gasteiger partial charge in [-0.25, -0.2) is 13.4 Å². The number of aliphatic hydroxyl groups is 1. The minimum absolute atomic E-state index is 0.00176. The van der Waals surface area contributed by atoms with Gasteiger partial charge >= 0.3 is 0 Å². The maximum Gasteiger partial charge on any atom is 0.253 e. The molecule has 49 heavy (non-hydrogen) atoms. The first-order chi connectivity index (χ1) is 23.3. The molecule has 2 atom stereocenters. The minimum atomic E-state index is -3.84. The number of rotatable bonds is 20. The van der Waals surface area contributed by atoms with Crippen LogP contribution in [0.1, 0.15) is 88.7 Å². The number of hydrogen-bond donors (Lipinski definition) is 5. The van der Waals surface area contributed by atoms with Crippen LogP contribution in [0.25, 0.3) is 0 Å². The van der Waals surface area contributed by atoms with Gasteiger partial charge in [-0.2, -0.15) is 0 Å². The number of phenols is 1. The van der Waals surface area contributed by atoms with Crippen LogP contribution < -0.4 is 15.9 Å². The van der Waals surface area contributed by atoms with Crippen molar-refractivity contribution in [2.45, 2.75) is 70.8 Å². The molecule has 3 aromatic carbocycles. The summed E-state index contributed by atoms with van der Waals surface area (Å²) in [4.78, 5) is 43.7. The lowest BCUT2D eigenvalue weighted by Crippen LogP contribution is -2.53. The molecule has 0 spiro atoms. The van der Waals surface area contributed by atoms with E-state index in [1.54, 1.807) is 47.4 Å². The third kappa shape index (κ3) is 12.6. The number of primary amides is 1. The van der Waals surface area contributed by atoms with Crippen molar-refractivity contribution in [2.75, 3.05) is 26.2 Å². The average Bonchev–Trinajstić information content (AvgIpc) is 3.07. The third-order valence-electron chi connectivity index (χ3n) is 7.83. The molecule has 3 amide bonds. The number of phenolic OH excluding ortho intramolecular Hbond substituents is 1. The Morgan fingerprint density at radius 1 is 0.816 bits per heavy atom. The normalized spacial score (nSPS) is 12.8. The van der Waals surface area contributed by atoms with Crippen LogP contribution in [0.15, 0.2) is 72.8 Å². The van der Waals surface area contributed by atoms with E-state index in [9.17, 15) is 33.0 Å². The maximum absolute atomic E-state index is 13.8. The topological polar surface area (TPSA) is 182 Å². The van der Waals surface area contributed by atoms with E-state index in [0.29, 0.717) is 37.2 Å². The average molecular weight is 696 g/mol. The molecule has 0 aliphatic rings. The first-order valence-corrected chi connectivity index (χ1v) is 18.3. The van der Waals surface area contributed by atoms with Gasteiger partial charge in [0.15, 0.2) is 0 Å². The van der Waals surface area contributed by atoms with Crippen LogP contribution in [-0.2, 0) is 22.2 Å². The fourth-order valence-corrected chi connectivity index (χ4v) is 6.64. The quantitative estimate of drug-likeness (QED) is 0.111. The summed E-state index contributed by atoms with van der Waals surface area (Å²) in [5.41, 5.74) is 7.00. The number of carbonyl (C=O) groups is 3. The zero-order chi connectivity index (χ0) is 36.0. The second-order valence-electron chi connectivity index (χ2n) is 12.1. The highest BCUT2D eigenvalue weighted by Crippen LogP contribution is 2.17. The van der Waals surface area contributed by atoms with Crippen LogP contribution in [-0.4, -0.2) is 84.6 Å². The number of hydrogen-bond acceptors (Lipinski definition) is 8. The van der Waals surface area contributed by atoms with E-state index < -0.39 is 34.0 Å². The fraction of sp³-hybridized carbons (Fsp3) is 0.417. The molecule has 0 bridgehead atoms. The Bertz CT molecular complexity index is 1630. The summed E-state index contributed by atoms with van der Waals surface area (Å²) in [6.07, 6.45) is 1.70. The second kappa shape index (κ2) is 19.0. The van der Waals surface area contributed by atoms with Crippen molar-refractivity contribution >= 4 is 27.7 Å². The molecule has 0 heterocycles. The van der Waals surface area contributed by atoms with E-state index in [2.05, 4.69) is 10.1 Å². The van der Waals surface area contributed by atoms with Crippen molar-refractivity contribution in [2.24, 2.45) is 5.73 Å². The van der Waals surface area contributed by atoms with E-state index >= 15 is 0 Å². The molecule has 0 aromatic heterocycles. The molecule has 13 heteroatoms. The maximum atomic E-state index is 13.8. The molecule has 3 rings (SSSR count). The third-order valence-corrected chi connectivity index (χ3v) is 9.08. The van der Waals surface area contributed by atoms with Crippen LogP contribution in [0.5, 0.6) is 5.75 Å². The van der Waals surface area contributed by atoms with Crippen LogP contribution in [0.3, 0.4) is 0 Å². The van der Waals surface area contributed by atoms with Crippen molar-refractivity contribution in [3.8, 4) is 5.75 Å². The summed E-state index contributed by atoms with van der Waals surface area (Å²) in [6, 6.07) is 18.1. The first-order valence-electron chi connectivity index (χ1n) is 16.7. The van der Waals surface area contributed by atoms with Gasteiger partial charge in [0.25, 0.3) is 11.8 Å². The number of sulfonamides is 1. The number of benzene rings is 3. The van der Waals surface area contributed by atoms with Crippen LogP contribution >= 0.6 is 0 Å². The first kappa shape index (κ1) is 39.1. The summed E-state index contributed by atoms with van der Waals surface area (Å²) in [5, 5.41) is 25.6. The number of aliphatic hydroxyl groups excluding tert-OH is 1. The largest absolute Gasteiger partial charge is 0.508 e. The number of nitrogens with two attached hydrogens (primary N) is 1. The molecule has 266 valence electrons. The Hall–Kier alpha value is -4.30.